The van der Waals surface area contributed by atoms with Gasteiger partial charge in [-0.1, -0.05) is 12.1 Å². The molecule has 0 aliphatic rings. The highest BCUT2D eigenvalue weighted by molar-refractivity contribution is 5.28. The highest BCUT2D eigenvalue weighted by atomic mass is 19.4. The van der Waals surface area contributed by atoms with Crippen molar-refractivity contribution in [1.82, 2.24) is 15.3 Å². The number of aliphatic hydroxyl groups excluding tert-OH is 1. The fourth-order valence-corrected chi connectivity index (χ4v) is 1.94. The monoisotopic (exact) mass is 327 g/mol. The summed E-state index contributed by atoms with van der Waals surface area (Å²) in [7, 11) is 0. The Bertz CT molecular complexity index is 606. The Morgan fingerprint density at radius 2 is 1.91 bits per heavy atom. The molecule has 124 valence electrons. The molecule has 0 aliphatic carbocycles. The highest BCUT2D eigenvalue weighted by Crippen LogP contribution is 2.24. The third-order valence-corrected chi connectivity index (χ3v) is 3.14. The standard InChI is InChI=1S/C15H16F3N3O2/c1-10(13-8-19-6-7-20-13)21-9-14(22)11-2-4-12(5-3-11)23-15(16,17)18/h2-8,10,14,21-22H,9H2,1H3/t10-,14+/m1/s1. The fourth-order valence-electron chi connectivity index (χ4n) is 1.94. The van der Waals surface area contributed by atoms with Crippen LogP contribution < -0.4 is 10.1 Å². The van der Waals surface area contributed by atoms with Crippen LogP contribution in [0.5, 0.6) is 5.75 Å². The number of aromatic nitrogens is 2. The Labute approximate surface area is 131 Å². The molecule has 0 spiro atoms. The normalized spacial score (nSPS) is 14.3. The summed E-state index contributed by atoms with van der Waals surface area (Å²) in [6.45, 7) is 2.09. The molecule has 2 atom stereocenters. The van der Waals surface area contributed by atoms with E-state index in [0.717, 1.165) is 17.8 Å². The molecule has 1 aromatic carbocycles. The molecule has 0 amide bonds. The van der Waals surface area contributed by atoms with Crippen LogP contribution in [-0.2, 0) is 0 Å². The molecule has 0 saturated heterocycles. The summed E-state index contributed by atoms with van der Waals surface area (Å²) in [6.07, 6.45) is -0.839. The second-order valence-electron chi connectivity index (χ2n) is 4.89. The van der Waals surface area contributed by atoms with Crippen LogP contribution in [0.15, 0.2) is 42.9 Å². The number of benzene rings is 1. The zero-order chi connectivity index (χ0) is 16.9. The Balaban J connectivity index is 1.89. The number of alkyl halides is 3. The maximum atomic E-state index is 12.1. The van der Waals surface area contributed by atoms with Crippen LogP contribution in [0.4, 0.5) is 13.2 Å². The second-order valence-corrected chi connectivity index (χ2v) is 4.89. The molecule has 0 saturated carbocycles. The summed E-state index contributed by atoms with van der Waals surface area (Å²) >= 11 is 0. The molecule has 0 aliphatic heterocycles. The van der Waals surface area contributed by atoms with Gasteiger partial charge in [0.2, 0.25) is 0 Å². The van der Waals surface area contributed by atoms with E-state index in [9.17, 15) is 18.3 Å². The SMILES string of the molecule is C[C@@H](NC[C@H](O)c1ccc(OC(F)(F)F)cc1)c1cnccn1. The van der Waals surface area contributed by atoms with Gasteiger partial charge in [0.25, 0.3) is 0 Å². The minimum absolute atomic E-state index is 0.119. The molecule has 0 bridgehead atoms. The Kier molecular flexibility index (Phi) is 5.51. The molecular formula is C15H16F3N3O2. The highest BCUT2D eigenvalue weighted by Gasteiger charge is 2.31. The van der Waals surface area contributed by atoms with Gasteiger partial charge in [0.05, 0.1) is 11.8 Å². The number of aliphatic hydroxyl groups is 1. The van der Waals surface area contributed by atoms with E-state index in [1.807, 2.05) is 6.92 Å². The van der Waals surface area contributed by atoms with Gasteiger partial charge in [-0.05, 0) is 24.6 Å². The van der Waals surface area contributed by atoms with Crippen molar-refractivity contribution in [2.45, 2.75) is 25.4 Å². The number of nitrogens with zero attached hydrogens (tertiary/aromatic N) is 2. The van der Waals surface area contributed by atoms with Gasteiger partial charge < -0.3 is 15.2 Å². The predicted octanol–water partition coefficient (Wildman–Crippen LogP) is 2.76. The van der Waals surface area contributed by atoms with Crippen LogP contribution in [0.1, 0.15) is 30.3 Å². The van der Waals surface area contributed by atoms with Crippen molar-refractivity contribution in [3.63, 3.8) is 0 Å². The van der Waals surface area contributed by atoms with Crippen molar-refractivity contribution < 1.29 is 23.0 Å². The van der Waals surface area contributed by atoms with Gasteiger partial charge in [-0.2, -0.15) is 0 Å². The van der Waals surface area contributed by atoms with Crippen molar-refractivity contribution in [3.05, 3.63) is 54.1 Å². The molecule has 0 unspecified atom stereocenters. The zero-order valence-electron chi connectivity index (χ0n) is 12.3. The summed E-state index contributed by atoms with van der Waals surface area (Å²) in [4.78, 5) is 8.10. The topological polar surface area (TPSA) is 67.3 Å². The van der Waals surface area contributed by atoms with Crippen molar-refractivity contribution in [2.75, 3.05) is 6.54 Å². The van der Waals surface area contributed by atoms with E-state index in [4.69, 9.17) is 0 Å². The molecule has 5 nitrogen and oxygen atoms in total. The second kappa shape index (κ2) is 7.38. The molecule has 2 N–H and O–H groups in total. The van der Waals surface area contributed by atoms with E-state index in [1.54, 1.807) is 18.6 Å². The summed E-state index contributed by atoms with van der Waals surface area (Å²) in [5, 5.41) is 13.2. The van der Waals surface area contributed by atoms with Gasteiger partial charge in [0, 0.05) is 31.2 Å². The lowest BCUT2D eigenvalue weighted by Gasteiger charge is -2.17. The average Bonchev–Trinajstić information content (AvgIpc) is 2.52. The van der Waals surface area contributed by atoms with Crippen LogP contribution in [-0.4, -0.2) is 28.0 Å². The Morgan fingerprint density at radius 1 is 1.22 bits per heavy atom. The lowest BCUT2D eigenvalue weighted by Crippen LogP contribution is -2.25. The number of ether oxygens (including phenoxy) is 1. The van der Waals surface area contributed by atoms with Crippen LogP contribution in [0.2, 0.25) is 0 Å². The van der Waals surface area contributed by atoms with E-state index in [2.05, 4.69) is 20.0 Å². The maximum absolute atomic E-state index is 12.1. The van der Waals surface area contributed by atoms with Crippen molar-refractivity contribution in [2.24, 2.45) is 0 Å². The van der Waals surface area contributed by atoms with Crippen LogP contribution in [0, 0.1) is 0 Å². The first-order valence-corrected chi connectivity index (χ1v) is 6.88. The summed E-state index contributed by atoms with van der Waals surface area (Å²) in [6, 6.07) is 4.99. The minimum Gasteiger partial charge on any atom is -0.406 e. The zero-order valence-corrected chi connectivity index (χ0v) is 12.3. The van der Waals surface area contributed by atoms with Crippen molar-refractivity contribution in [3.8, 4) is 5.75 Å². The molecule has 23 heavy (non-hydrogen) atoms. The van der Waals surface area contributed by atoms with Gasteiger partial charge in [0.1, 0.15) is 5.75 Å². The van der Waals surface area contributed by atoms with Crippen molar-refractivity contribution in [1.29, 1.82) is 0 Å². The van der Waals surface area contributed by atoms with E-state index in [0.29, 0.717) is 5.56 Å². The molecule has 1 heterocycles. The molecule has 2 rings (SSSR count). The van der Waals surface area contributed by atoms with E-state index < -0.39 is 12.5 Å². The van der Waals surface area contributed by atoms with Gasteiger partial charge in [-0.25, -0.2) is 0 Å². The molecular weight excluding hydrogens is 311 g/mol. The predicted molar refractivity (Wildman–Crippen MR) is 76.5 cm³/mol. The smallest absolute Gasteiger partial charge is 0.406 e. The summed E-state index contributed by atoms with van der Waals surface area (Å²) in [5.41, 5.74) is 1.21. The van der Waals surface area contributed by atoms with E-state index in [-0.39, 0.29) is 18.3 Å². The summed E-state index contributed by atoms with van der Waals surface area (Å²) < 4.78 is 40.0. The lowest BCUT2D eigenvalue weighted by atomic mass is 10.1. The van der Waals surface area contributed by atoms with Gasteiger partial charge in [0.15, 0.2) is 0 Å². The quantitative estimate of drug-likeness (QED) is 0.854. The molecule has 2 aromatic rings. The van der Waals surface area contributed by atoms with Crippen LogP contribution in [0.3, 0.4) is 0 Å². The van der Waals surface area contributed by atoms with E-state index in [1.165, 1.54) is 12.1 Å². The number of nitrogens with one attached hydrogen (secondary N) is 1. The first-order chi connectivity index (χ1) is 10.8. The van der Waals surface area contributed by atoms with Gasteiger partial charge in [-0.3, -0.25) is 9.97 Å². The number of halogens is 3. The van der Waals surface area contributed by atoms with Crippen molar-refractivity contribution >= 4 is 0 Å². The number of hydrogen-bond donors (Lipinski definition) is 2. The maximum Gasteiger partial charge on any atom is 0.573 e. The Hall–Kier alpha value is -2.19. The third kappa shape index (κ3) is 5.50. The first kappa shape index (κ1) is 17.2. The largest absolute Gasteiger partial charge is 0.573 e. The van der Waals surface area contributed by atoms with Gasteiger partial charge >= 0.3 is 6.36 Å². The van der Waals surface area contributed by atoms with Crippen LogP contribution >= 0.6 is 0 Å². The number of rotatable bonds is 6. The first-order valence-electron chi connectivity index (χ1n) is 6.88. The average molecular weight is 327 g/mol. The minimum atomic E-state index is -4.73. The van der Waals surface area contributed by atoms with Gasteiger partial charge in [-0.15, -0.1) is 13.2 Å². The number of hydrogen-bond acceptors (Lipinski definition) is 5. The van der Waals surface area contributed by atoms with Crippen LogP contribution in [0.25, 0.3) is 0 Å². The third-order valence-electron chi connectivity index (χ3n) is 3.14. The lowest BCUT2D eigenvalue weighted by molar-refractivity contribution is -0.274. The molecule has 0 radical (unpaired) electrons. The molecule has 1 aromatic heterocycles. The summed E-state index contributed by atoms with van der Waals surface area (Å²) in [5.74, 6) is -0.325. The molecule has 8 heteroatoms. The Morgan fingerprint density at radius 3 is 2.48 bits per heavy atom. The van der Waals surface area contributed by atoms with E-state index >= 15 is 0 Å². The molecule has 0 fully saturated rings. The fraction of sp³-hybridized carbons (Fsp3) is 0.333.